The number of para-hydroxylation sites is 2. The zero-order chi connectivity index (χ0) is 19.8. The molecule has 3 rings (SSSR count). The van der Waals surface area contributed by atoms with Gasteiger partial charge in [0.05, 0.1) is 12.8 Å². The number of carbonyl (C=O) groups excluding carboxylic acids is 1. The highest BCUT2D eigenvalue weighted by Gasteiger charge is 2.26. The number of amides is 1. The van der Waals surface area contributed by atoms with Crippen LogP contribution in [0, 0.1) is 5.92 Å². The molecule has 1 saturated heterocycles. The predicted octanol–water partition coefficient (Wildman–Crippen LogP) is 2.92. The number of methoxy groups -OCH3 is 1. The minimum absolute atomic E-state index is 0.0768. The number of ether oxygens (including phenoxy) is 1. The standard InChI is InChI=1S/C20H27N5O2S/c1-27-17-6-4-3-5-16(17)23-18-7-10-22-20(24-18)25-12-8-15(9-13-25)19(26)21-11-14-28-2/h3-7,10,15H,8-9,11-14H2,1-2H3,(H,21,26)(H,22,23,24). The molecule has 1 aromatic heterocycles. The Morgan fingerprint density at radius 2 is 2.07 bits per heavy atom. The van der Waals surface area contributed by atoms with Crippen molar-refractivity contribution in [1.82, 2.24) is 15.3 Å². The maximum absolute atomic E-state index is 12.2. The quantitative estimate of drug-likeness (QED) is 0.659. The minimum Gasteiger partial charge on any atom is -0.495 e. The molecule has 150 valence electrons. The van der Waals surface area contributed by atoms with E-state index in [4.69, 9.17) is 4.74 Å². The molecule has 0 spiro atoms. The first kappa shape index (κ1) is 20.3. The summed E-state index contributed by atoms with van der Waals surface area (Å²) in [6, 6.07) is 9.56. The lowest BCUT2D eigenvalue weighted by Gasteiger charge is -2.31. The lowest BCUT2D eigenvalue weighted by atomic mass is 9.96. The Hall–Kier alpha value is -2.48. The number of nitrogens with zero attached hydrogens (tertiary/aromatic N) is 3. The summed E-state index contributed by atoms with van der Waals surface area (Å²) in [7, 11) is 1.65. The number of benzene rings is 1. The molecule has 0 atom stereocenters. The van der Waals surface area contributed by atoms with E-state index in [9.17, 15) is 4.79 Å². The summed E-state index contributed by atoms with van der Waals surface area (Å²) in [5.74, 6) is 3.35. The molecule has 1 aliphatic rings. The van der Waals surface area contributed by atoms with Crippen molar-refractivity contribution >= 4 is 35.1 Å². The minimum atomic E-state index is 0.0768. The average Bonchev–Trinajstić information content (AvgIpc) is 2.74. The molecule has 1 fully saturated rings. The Bertz CT molecular complexity index is 781. The summed E-state index contributed by atoms with van der Waals surface area (Å²) in [5.41, 5.74) is 0.857. The maximum atomic E-state index is 12.2. The lowest BCUT2D eigenvalue weighted by molar-refractivity contribution is -0.125. The Balaban J connectivity index is 1.58. The fourth-order valence-corrected chi connectivity index (χ4v) is 3.52. The fourth-order valence-electron chi connectivity index (χ4n) is 3.22. The van der Waals surface area contributed by atoms with E-state index < -0.39 is 0 Å². The van der Waals surface area contributed by atoms with Crippen molar-refractivity contribution in [3.63, 3.8) is 0 Å². The van der Waals surface area contributed by atoms with E-state index in [1.165, 1.54) is 0 Å². The molecular weight excluding hydrogens is 374 g/mol. The molecule has 0 saturated carbocycles. The normalized spacial score (nSPS) is 14.6. The number of rotatable bonds is 8. The van der Waals surface area contributed by atoms with Gasteiger partial charge in [0.1, 0.15) is 11.6 Å². The van der Waals surface area contributed by atoms with Crippen LogP contribution < -0.4 is 20.3 Å². The number of hydrogen-bond donors (Lipinski definition) is 2. The van der Waals surface area contributed by atoms with E-state index in [2.05, 4.69) is 25.5 Å². The molecule has 2 heterocycles. The van der Waals surface area contributed by atoms with Gasteiger partial charge in [0.15, 0.2) is 0 Å². The molecule has 8 heteroatoms. The topological polar surface area (TPSA) is 79.4 Å². The van der Waals surface area contributed by atoms with Gasteiger partial charge in [0.25, 0.3) is 0 Å². The zero-order valence-electron chi connectivity index (χ0n) is 16.4. The van der Waals surface area contributed by atoms with Crippen molar-refractivity contribution in [3.8, 4) is 5.75 Å². The Labute approximate surface area is 170 Å². The van der Waals surface area contributed by atoms with Crippen molar-refractivity contribution in [3.05, 3.63) is 36.5 Å². The second-order valence-corrected chi connectivity index (χ2v) is 7.60. The molecule has 0 bridgehead atoms. The molecule has 0 aliphatic carbocycles. The highest BCUT2D eigenvalue weighted by molar-refractivity contribution is 7.98. The van der Waals surface area contributed by atoms with E-state index in [-0.39, 0.29) is 11.8 Å². The summed E-state index contributed by atoms with van der Waals surface area (Å²) in [4.78, 5) is 23.4. The number of aromatic nitrogens is 2. The summed E-state index contributed by atoms with van der Waals surface area (Å²) >= 11 is 1.74. The monoisotopic (exact) mass is 401 g/mol. The molecule has 0 radical (unpaired) electrons. The highest BCUT2D eigenvalue weighted by Crippen LogP contribution is 2.27. The van der Waals surface area contributed by atoms with Gasteiger partial charge in [-0.15, -0.1) is 0 Å². The van der Waals surface area contributed by atoms with Crippen LogP contribution in [0.4, 0.5) is 17.5 Å². The van der Waals surface area contributed by atoms with E-state index >= 15 is 0 Å². The van der Waals surface area contributed by atoms with Crippen molar-refractivity contribution < 1.29 is 9.53 Å². The van der Waals surface area contributed by atoms with Gasteiger partial charge < -0.3 is 20.3 Å². The van der Waals surface area contributed by atoms with E-state index in [1.54, 1.807) is 25.1 Å². The fraction of sp³-hybridized carbons (Fsp3) is 0.450. The Kier molecular flexibility index (Phi) is 7.36. The number of thioether (sulfide) groups is 1. The molecule has 2 aromatic rings. The van der Waals surface area contributed by atoms with E-state index in [1.807, 2.05) is 36.6 Å². The van der Waals surface area contributed by atoms with Crippen molar-refractivity contribution in [2.45, 2.75) is 12.8 Å². The van der Waals surface area contributed by atoms with Crippen LogP contribution in [0.5, 0.6) is 5.75 Å². The van der Waals surface area contributed by atoms with Gasteiger partial charge in [0, 0.05) is 37.5 Å². The third-order valence-corrected chi connectivity index (χ3v) is 5.38. The van der Waals surface area contributed by atoms with Crippen LogP contribution in [0.2, 0.25) is 0 Å². The van der Waals surface area contributed by atoms with Gasteiger partial charge >= 0.3 is 0 Å². The molecular formula is C20H27N5O2S. The van der Waals surface area contributed by atoms with Gasteiger partial charge in [-0.25, -0.2) is 4.98 Å². The van der Waals surface area contributed by atoms with Crippen LogP contribution in [0.15, 0.2) is 36.5 Å². The van der Waals surface area contributed by atoms with Crippen molar-refractivity contribution in [1.29, 1.82) is 0 Å². The molecule has 28 heavy (non-hydrogen) atoms. The Morgan fingerprint density at radius 3 is 2.82 bits per heavy atom. The van der Waals surface area contributed by atoms with Crippen molar-refractivity contribution in [2.24, 2.45) is 5.92 Å². The number of hydrogen-bond acceptors (Lipinski definition) is 7. The number of nitrogens with one attached hydrogen (secondary N) is 2. The SMILES string of the molecule is COc1ccccc1Nc1ccnc(N2CCC(C(=O)NCCSC)CC2)n1. The van der Waals surface area contributed by atoms with E-state index in [0.29, 0.717) is 11.8 Å². The summed E-state index contributed by atoms with van der Waals surface area (Å²) in [6.45, 7) is 2.29. The highest BCUT2D eigenvalue weighted by atomic mass is 32.2. The Morgan fingerprint density at radius 1 is 1.29 bits per heavy atom. The second kappa shape index (κ2) is 10.2. The molecule has 1 aromatic carbocycles. The predicted molar refractivity (Wildman–Crippen MR) is 115 cm³/mol. The summed E-state index contributed by atoms with van der Waals surface area (Å²) in [6.07, 6.45) is 5.43. The molecule has 1 amide bonds. The molecule has 1 aliphatic heterocycles. The molecule has 7 nitrogen and oxygen atoms in total. The zero-order valence-corrected chi connectivity index (χ0v) is 17.2. The second-order valence-electron chi connectivity index (χ2n) is 6.61. The molecule has 0 unspecified atom stereocenters. The molecule has 2 N–H and O–H groups in total. The van der Waals surface area contributed by atoms with Crippen LogP contribution in [0.1, 0.15) is 12.8 Å². The van der Waals surface area contributed by atoms with E-state index in [0.717, 1.165) is 49.7 Å². The summed E-state index contributed by atoms with van der Waals surface area (Å²) in [5, 5.41) is 6.31. The first-order chi connectivity index (χ1) is 13.7. The maximum Gasteiger partial charge on any atom is 0.227 e. The van der Waals surface area contributed by atoms with Crippen LogP contribution in [-0.4, -0.2) is 54.6 Å². The van der Waals surface area contributed by atoms with Gasteiger partial charge in [-0.2, -0.15) is 16.7 Å². The number of piperidine rings is 1. The van der Waals surface area contributed by atoms with Gasteiger partial charge in [-0.05, 0) is 37.3 Å². The summed E-state index contributed by atoms with van der Waals surface area (Å²) < 4.78 is 5.38. The first-order valence-electron chi connectivity index (χ1n) is 9.46. The smallest absolute Gasteiger partial charge is 0.227 e. The van der Waals surface area contributed by atoms with Gasteiger partial charge in [-0.3, -0.25) is 4.79 Å². The van der Waals surface area contributed by atoms with Gasteiger partial charge in [-0.1, -0.05) is 12.1 Å². The first-order valence-corrected chi connectivity index (χ1v) is 10.9. The largest absolute Gasteiger partial charge is 0.495 e. The number of carbonyl (C=O) groups is 1. The van der Waals surface area contributed by atoms with Crippen LogP contribution in [0.25, 0.3) is 0 Å². The average molecular weight is 402 g/mol. The number of anilines is 3. The third-order valence-electron chi connectivity index (χ3n) is 4.77. The van der Waals surface area contributed by atoms with Gasteiger partial charge in [0.2, 0.25) is 11.9 Å². The van der Waals surface area contributed by atoms with Crippen molar-refractivity contribution in [2.75, 3.05) is 49.0 Å². The van der Waals surface area contributed by atoms with Crippen LogP contribution in [-0.2, 0) is 4.79 Å². The van der Waals surface area contributed by atoms with Crippen LogP contribution >= 0.6 is 11.8 Å². The lowest BCUT2D eigenvalue weighted by Crippen LogP contribution is -2.41. The van der Waals surface area contributed by atoms with Crippen LogP contribution in [0.3, 0.4) is 0 Å². The third kappa shape index (κ3) is 5.28.